The molecule has 0 amide bonds. The third kappa shape index (κ3) is 1.12. The van der Waals surface area contributed by atoms with E-state index in [9.17, 15) is 0 Å². The summed E-state index contributed by atoms with van der Waals surface area (Å²) in [6.45, 7) is 2.72. The predicted octanol–water partition coefficient (Wildman–Crippen LogP) is 1.67. The second-order valence-electron chi connectivity index (χ2n) is 1.58. The standard InChI is InChI=1S/C7H9O/c1-2-8-7-5-3-4-6-7/h3,5H,2,4H2,1H3. The Morgan fingerprint density at radius 3 is 3.25 bits per heavy atom. The van der Waals surface area contributed by atoms with Crippen LogP contribution in [0.5, 0.6) is 0 Å². The first kappa shape index (κ1) is 5.42. The largest absolute Gasteiger partial charge is 0.494 e. The van der Waals surface area contributed by atoms with Crippen LogP contribution in [0.15, 0.2) is 17.9 Å². The third-order valence-corrected chi connectivity index (χ3v) is 0.963. The van der Waals surface area contributed by atoms with E-state index in [0.29, 0.717) is 0 Å². The first-order valence-corrected chi connectivity index (χ1v) is 2.83. The van der Waals surface area contributed by atoms with Crippen molar-refractivity contribution < 1.29 is 4.74 Å². The predicted molar refractivity (Wildman–Crippen MR) is 32.1 cm³/mol. The minimum absolute atomic E-state index is 0.743. The summed E-state index contributed by atoms with van der Waals surface area (Å²) in [6, 6.07) is 0. The van der Waals surface area contributed by atoms with Crippen molar-refractivity contribution in [2.24, 2.45) is 0 Å². The van der Waals surface area contributed by atoms with Gasteiger partial charge in [-0.15, -0.1) is 0 Å². The van der Waals surface area contributed by atoms with Gasteiger partial charge in [-0.25, -0.2) is 0 Å². The second-order valence-corrected chi connectivity index (χ2v) is 1.58. The molecule has 0 saturated heterocycles. The van der Waals surface area contributed by atoms with Crippen molar-refractivity contribution in [1.29, 1.82) is 0 Å². The van der Waals surface area contributed by atoms with Crippen molar-refractivity contribution in [3.05, 3.63) is 24.0 Å². The van der Waals surface area contributed by atoms with E-state index in [1.807, 2.05) is 19.1 Å². The number of hydrogen-bond acceptors (Lipinski definition) is 1. The fourth-order valence-electron chi connectivity index (χ4n) is 0.639. The zero-order valence-electron chi connectivity index (χ0n) is 4.98. The van der Waals surface area contributed by atoms with Crippen molar-refractivity contribution in [3.63, 3.8) is 0 Å². The molecule has 0 heterocycles. The van der Waals surface area contributed by atoms with Crippen LogP contribution in [0.4, 0.5) is 0 Å². The molecule has 0 aromatic heterocycles. The number of ether oxygens (including phenoxy) is 1. The molecule has 0 aromatic carbocycles. The van der Waals surface area contributed by atoms with E-state index in [-0.39, 0.29) is 0 Å². The van der Waals surface area contributed by atoms with Gasteiger partial charge in [0.25, 0.3) is 0 Å². The van der Waals surface area contributed by atoms with Gasteiger partial charge in [0.15, 0.2) is 0 Å². The van der Waals surface area contributed by atoms with E-state index in [4.69, 9.17) is 4.74 Å². The summed E-state index contributed by atoms with van der Waals surface area (Å²) in [5, 5.41) is 0. The molecule has 0 saturated carbocycles. The van der Waals surface area contributed by atoms with Gasteiger partial charge < -0.3 is 4.74 Å². The van der Waals surface area contributed by atoms with Gasteiger partial charge in [0.2, 0.25) is 0 Å². The first-order valence-electron chi connectivity index (χ1n) is 2.83. The van der Waals surface area contributed by atoms with E-state index in [1.165, 1.54) is 0 Å². The van der Waals surface area contributed by atoms with Crippen molar-refractivity contribution in [2.75, 3.05) is 6.61 Å². The maximum Gasteiger partial charge on any atom is 0.122 e. The summed E-state index contributed by atoms with van der Waals surface area (Å²) in [6.07, 6.45) is 7.93. The van der Waals surface area contributed by atoms with Gasteiger partial charge in [0.1, 0.15) is 5.76 Å². The van der Waals surface area contributed by atoms with Gasteiger partial charge in [-0.05, 0) is 19.4 Å². The van der Waals surface area contributed by atoms with Crippen LogP contribution in [0.2, 0.25) is 0 Å². The number of allylic oxidation sites excluding steroid dienone is 3. The molecule has 0 unspecified atom stereocenters. The Hall–Kier alpha value is -0.720. The van der Waals surface area contributed by atoms with Gasteiger partial charge in [-0.1, -0.05) is 6.08 Å². The zero-order chi connectivity index (χ0) is 5.82. The Labute approximate surface area is 49.7 Å². The minimum Gasteiger partial charge on any atom is -0.494 e. The minimum atomic E-state index is 0.743. The van der Waals surface area contributed by atoms with Crippen molar-refractivity contribution in [3.8, 4) is 0 Å². The van der Waals surface area contributed by atoms with Crippen LogP contribution in [-0.4, -0.2) is 6.61 Å². The maximum atomic E-state index is 5.12. The van der Waals surface area contributed by atoms with Gasteiger partial charge >= 0.3 is 0 Å². The smallest absolute Gasteiger partial charge is 0.122 e. The average molecular weight is 109 g/mol. The van der Waals surface area contributed by atoms with Crippen LogP contribution < -0.4 is 0 Å². The summed E-state index contributed by atoms with van der Waals surface area (Å²) >= 11 is 0. The summed E-state index contributed by atoms with van der Waals surface area (Å²) in [5.74, 6) is 0.896. The molecule has 1 heteroatoms. The van der Waals surface area contributed by atoms with Gasteiger partial charge in [-0.2, -0.15) is 0 Å². The Morgan fingerprint density at radius 2 is 2.75 bits per heavy atom. The molecule has 1 nitrogen and oxygen atoms in total. The van der Waals surface area contributed by atoms with E-state index in [1.54, 1.807) is 0 Å². The van der Waals surface area contributed by atoms with Gasteiger partial charge in [0, 0.05) is 6.08 Å². The molecule has 8 heavy (non-hydrogen) atoms. The highest BCUT2D eigenvalue weighted by atomic mass is 16.5. The van der Waals surface area contributed by atoms with Crippen molar-refractivity contribution >= 4 is 0 Å². The Morgan fingerprint density at radius 1 is 1.88 bits per heavy atom. The molecule has 0 fully saturated rings. The number of rotatable bonds is 2. The van der Waals surface area contributed by atoms with E-state index >= 15 is 0 Å². The lowest BCUT2D eigenvalue weighted by Crippen LogP contribution is -1.84. The lowest BCUT2D eigenvalue weighted by atomic mass is 10.5. The van der Waals surface area contributed by atoms with Crippen LogP contribution in [-0.2, 0) is 4.74 Å². The Kier molecular flexibility index (Phi) is 1.73. The van der Waals surface area contributed by atoms with E-state index in [0.717, 1.165) is 18.8 Å². The number of hydrogen-bond donors (Lipinski definition) is 0. The van der Waals surface area contributed by atoms with Crippen molar-refractivity contribution in [2.45, 2.75) is 13.3 Å². The summed E-state index contributed by atoms with van der Waals surface area (Å²) < 4.78 is 5.12. The lowest BCUT2D eigenvalue weighted by Gasteiger charge is -1.97. The monoisotopic (exact) mass is 109 g/mol. The molecule has 0 aliphatic heterocycles. The molecular weight excluding hydrogens is 100 g/mol. The molecule has 0 spiro atoms. The topological polar surface area (TPSA) is 9.23 Å². The molecule has 1 aliphatic carbocycles. The van der Waals surface area contributed by atoms with Crippen LogP contribution >= 0.6 is 0 Å². The normalized spacial score (nSPS) is 16.4. The highest BCUT2D eigenvalue weighted by Crippen LogP contribution is 2.07. The van der Waals surface area contributed by atoms with Gasteiger partial charge in [-0.3, -0.25) is 0 Å². The van der Waals surface area contributed by atoms with Crippen LogP contribution in [0.1, 0.15) is 13.3 Å². The summed E-state index contributed by atoms with van der Waals surface area (Å²) in [7, 11) is 0. The molecule has 0 N–H and O–H groups in total. The Balaban J connectivity index is 2.34. The molecule has 0 aromatic rings. The lowest BCUT2D eigenvalue weighted by molar-refractivity contribution is 0.241. The maximum absolute atomic E-state index is 5.12. The third-order valence-electron chi connectivity index (χ3n) is 0.963. The molecule has 1 rings (SSSR count). The fraction of sp³-hybridized carbons (Fsp3) is 0.429. The average Bonchev–Trinajstić information content (AvgIpc) is 2.19. The molecular formula is C7H9O. The van der Waals surface area contributed by atoms with Crippen LogP contribution in [0, 0.1) is 6.08 Å². The highest BCUT2D eigenvalue weighted by molar-refractivity contribution is 5.16. The zero-order valence-corrected chi connectivity index (χ0v) is 4.98. The van der Waals surface area contributed by atoms with Crippen LogP contribution in [0.25, 0.3) is 0 Å². The van der Waals surface area contributed by atoms with Crippen LogP contribution in [0.3, 0.4) is 0 Å². The summed E-state index contributed by atoms with van der Waals surface area (Å²) in [4.78, 5) is 0. The first-order chi connectivity index (χ1) is 3.93. The molecule has 1 aliphatic rings. The fourth-order valence-corrected chi connectivity index (χ4v) is 0.639. The Bertz CT molecular complexity index is 122. The van der Waals surface area contributed by atoms with E-state index < -0.39 is 0 Å². The second kappa shape index (κ2) is 2.55. The summed E-state index contributed by atoms with van der Waals surface area (Å²) in [5.41, 5.74) is 0. The molecule has 1 radical (unpaired) electrons. The van der Waals surface area contributed by atoms with E-state index in [2.05, 4.69) is 6.08 Å². The molecule has 0 bridgehead atoms. The van der Waals surface area contributed by atoms with Crippen molar-refractivity contribution in [1.82, 2.24) is 0 Å². The highest BCUT2D eigenvalue weighted by Gasteiger charge is 1.94. The SMILES string of the molecule is CCOC1=[C]CC=C1. The van der Waals surface area contributed by atoms with Gasteiger partial charge in [0.05, 0.1) is 6.61 Å². The molecule has 0 atom stereocenters. The quantitative estimate of drug-likeness (QED) is 0.524. The molecule has 43 valence electrons.